The lowest BCUT2D eigenvalue weighted by Crippen LogP contribution is -2.20. The standard InChI is InChI=1S/C9H7BrCl2FNO/c1-4(10)9(15)14-8-6(11)2-5(13)3-7(8)12/h2-4H,1H3,(H,14,15). The van der Waals surface area contributed by atoms with Gasteiger partial charge >= 0.3 is 0 Å². The Labute approximate surface area is 105 Å². The zero-order chi connectivity index (χ0) is 11.6. The summed E-state index contributed by atoms with van der Waals surface area (Å²) in [5.74, 6) is -0.847. The van der Waals surface area contributed by atoms with Crippen molar-refractivity contribution in [2.45, 2.75) is 11.8 Å². The number of hydrogen-bond acceptors (Lipinski definition) is 1. The quantitative estimate of drug-likeness (QED) is 0.825. The number of halogens is 4. The second-order valence-electron chi connectivity index (χ2n) is 2.85. The Kier molecular flexibility index (Phi) is 4.37. The van der Waals surface area contributed by atoms with E-state index in [0.717, 1.165) is 12.1 Å². The van der Waals surface area contributed by atoms with Gasteiger partial charge in [0, 0.05) is 0 Å². The molecule has 1 rings (SSSR count). The third kappa shape index (κ3) is 3.33. The van der Waals surface area contributed by atoms with Gasteiger partial charge < -0.3 is 5.32 Å². The Morgan fingerprint density at radius 3 is 2.33 bits per heavy atom. The van der Waals surface area contributed by atoms with Gasteiger partial charge in [-0.2, -0.15) is 0 Å². The largest absolute Gasteiger partial charge is 0.323 e. The third-order valence-corrected chi connectivity index (χ3v) is 2.63. The summed E-state index contributed by atoms with van der Waals surface area (Å²) >= 11 is 14.5. The van der Waals surface area contributed by atoms with Crippen molar-refractivity contribution in [1.29, 1.82) is 0 Å². The molecule has 1 N–H and O–H groups in total. The average molecular weight is 315 g/mol. The molecule has 1 aromatic carbocycles. The number of amides is 1. The monoisotopic (exact) mass is 313 g/mol. The summed E-state index contributed by atoms with van der Waals surface area (Å²) < 4.78 is 12.8. The molecular formula is C9H7BrCl2FNO. The van der Waals surface area contributed by atoms with Crippen molar-refractivity contribution < 1.29 is 9.18 Å². The van der Waals surface area contributed by atoms with Crippen LogP contribution >= 0.6 is 39.1 Å². The van der Waals surface area contributed by atoms with E-state index in [-0.39, 0.29) is 26.5 Å². The van der Waals surface area contributed by atoms with Crippen molar-refractivity contribution in [3.05, 3.63) is 28.0 Å². The van der Waals surface area contributed by atoms with Crippen molar-refractivity contribution in [2.24, 2.45) is 0 Å². The zero-order valence-corrected chi connectivity index (χ0v) is 10.8. The molecule has 15 heavy (non-hydrogen) atoms. The molecule has 0 radical (unpaired) electrons. The first-order valence-electron chi connectivity index (χ1n) is 4.01. The van der Waals surface area contributed by atoms with Crippen molar-refractivity contribution in [1.82, 2.24) is 0 Å². The van der Waals surface area contributed by atoms with E-state index >= 15 is 0 Å². The van der Waals surface area contributed by atoms with E-state index in [2.05, 4.69) is 21.2 Å². The number of benzene rings is 1. The lowest BCUT2D eigenvalue weighted by atomic mass is 10.3. The summed E-state index contributed by atoms with van der Waals surface area (Å²) in [6, 6.07) is 2.17. The van der Waals surface area contributed by atoms with Gasteiger partial charge in [0.15, 0.2) is 0 Å². The van der Waals surface area contributed by atoms with Crippen LogP contribution in [0.2, 0.25) is 10.0 Å². The van der Waals surface area contributed by atoms with E-state index in [4.69, 9.17) is 23.2 Å². The molecule has 0 bridgehead atoms. The minimum Gasteiger partial charge on any atom is -0.323 e. The highest BCUT2D eigenvalue weighted by Crippen LogP contribution is 2.31. The molecule has 0 aromatic heterocycles. The Morgan fingerprint density at radius 2 is 1.93 bits per heavy atom. The fourth-order valence-electron chi connectivity index (χ4n) is 0.884. The van der Waals surface area contributed by atoms with E-state index < -0.39 is 5.82 Å². The highest BCUT2D eigenvalue weighted by molar-refractivity contribution is 9.10. The van der Waals surface area contributed by atoms with Gasteiger partial charge in [-0.15, -0.1) is 0 Å². The van der Waals surface area contributed by atoms with E-state index in [0.29, 0.717) is 0 Å². The van der Waals surface area contributed by atoms with Crippen LogP contribution in [0.25, 0.3) is 0 Å². The Bertz CT molecular complexity index is 375. The van der Waals surface area contributed by atoms with Crippen molar-refractivity contribution in [2.75, 3.05) is 5.32 Å². The number of anilines is 1. The van der Waals surface area contributed by atoms with Gasteiger partial charge in [-0.05, 0) is 19.1 Å². The van der Waals surface area contributed by atoms with Gasteiger partial charge in [0.05, 0.1) is 20.6 Å². The zero-order valence-electron chi connectivity index (χ0n) is 7.65. The molecule has 1 unspecified atom stereocenters. The molecule has 0 aliphatic carbocycles. The molecule has 6 heteroatoms. The maximum absolute atomic E-state index is 12.8. The van der Waals surface area contributed by atoms with Gasteiger partial charge in [0.1, 0.15) is 5.82 Å². The van der Waals surface area contributed by atoms with Crippen LogP contribution in [0.4, 0.5) is 10.1 Å². The van der Waals surface area contributed by atoms with Crippen LogP contribution in [0.3, 0.4) is 0 Å². The van der Waals surface area contributed by atoms with Crippen LogP contribution in [-0.4, -0.2) is 10.7 Å². The van der Waals surface area contributed by atoms with Crippen LogP contribution < -0.4 is 5.32 Å². The molecule has 2 nitrogen and oxygen atoms in total. The molecule has 0 fully saturated rings. The number of alkyl halides is 1. The van der Waals surface area contributed by atoms with Gasteiger partial charge in [0.25, 0.3) is 0 Å². The summed E-state index contributed by atoms with van der Waals surface area (Å²) in [4.78, 5) is 11.0. The Balaban J connectivity index is 3.00. The maximum Gasteiger partial charge on any atom is 0.237 e. The summed E-state index contributed by atoms with van der Waals surface area (Å²) in [6.45, 7) is 1.65. The highest BCUT2D eigenvalue weighted by Gasteiger charge is 2.14. The second kappa shape index (κ2) is 5.14. The van der Waals surface area contributed by atoms with Gasteiger partial charge in [0.2, 0.25) is 5.91 Å². The third-order valence-electron chi connectivity index (χ3n) is 1.62. The van der Waals surface area contributed by atoms with Crippen LogP contribution in [0.5, 0.6) is 0 Å². The van der Waals surface area contributed by atoms with Crippen molar-refractivity contribution >= 4 is 50.7 Å². The number of nitrogens with one attached hydrogen (secondary N) is 1. The SMILES string of the molecule is CC(Br)C(=O)Nc1c(Cl)cc(F)cc1Cl. The highest BCUT2D eigenvalue weighted by atomic mass is 79.9. The molecule has 0 aliphatic heterocycles. The maximum atomic E-state index is 12.8. The predicted octanol–water partition coefficient (Wildman–Crippen LogP) is 3.85. The molecule has 0 saturated carbocycles. The molecule has 82 valence electrons. The smallest absolute Gasteiger partial charge is 0.237 e. The number of hydrogen-bond donors (Lipinski definition) is 1. The summed E-state index contributed by atoms with van der Waals surface area (Å²) in [5, 5.41) is 2.63. The average Bonchev–Trinajstić information content (AvgIpc) is 2.10. The van der Waals surface area contributed by atoms with E-state index in [1.165, 1.54) is 0 Å². The minimum absolute atomic E-state index is 0.0708. The molecule has 1 aromatic rings. The number of carbonyl (C=O) groups excluding carboxylic acids is 1. The van der Waals surface area contributed by atoms with E-state index in [1.54, 1.807) is 6.92 Å². The van der Waals surface area contributed by atoms with E-state index in [1.807, 2.05) is 0 Å². The molecular weight excluding hydrogens is 308 g/mol. The molecule has 0 aliphatic rings. The van der Waals surface area contributed by atoms with Crippen LogP contribution in [0.1, 0.15) is 6.92 Å². The molecule has 0 saturated heterocycles. The normalized spacial score (nSPS) is 12.3. The fourth-order valence-corrected chi connectivity index (χ4v) is 1.55. The first kappa shape index (κ1) is 12.7. The second-order valence-corrected chi connectivity index (χ2v) is 5.04. The van der Waals surface area contributed by atoms with Crippen LogP contribution in [0.15, 0.2) is 12.1 Å². The fraction of sp³-hybridized carbons (Fsp3) is 0.222. The predicted molar refractivity (Wildman–Crippen MR) is 63.4 cm³/mol. The minimum atomic E-state index is -0.546. The molecule has 1 amide bonds. The molecule has 0 spiro atoms. The summed E-state index contributed by atoms with van der Waals surface area (Å²) in [7, 11) is 0. The van der Waals surface area contributed by atoms with Crippen molar-refractivity contribution in [3.8, 4) is 0 Å². The van der Waals surface area contributed by atoms with E-state index in [9.17, 15) is 9.18 Å². The summed E-state index contributed by atoms with van der Waals surface area (Å²) in [5.41, 5.74) is 0.219. The van der Waals surface area contributed by atoms with Gasteiger partial charge in [-0.1, -0.05) is 39.1 Å². The summed E-state index contributed by atoms with van der Waals surface area (Å²) in [6.07, 6.45) is 0. The first-order chi connectivity index (χ1) is 6.91. The van der Waals surface area contributed by atoms with Gasteiger partial charge in [-0.3, -0.25) is 4.79 Å². The molecule has 1 atom stereocenters. The van der Waals surface area contributed by atoms with Crippen LogP contribution in [0, 0.1) is 5.82 Å². The lowest BCUT2D eigenvalue weighted by molar-refractivity contribution is -0.115. The van der Waals surface area contributed by atoms with Crippen molar-refractivity contribution in [3.63, 3.8) is 0 Å². The first-order valence-corrected chi connectivity index (χ1v) is 5.68. The lowest BCUT2D eigenvalue weighted by Gasteiger charge is -2.10. The number of rotatable bonds is 2. The van der Waals surface area contributed by atoms with Gasteiger partial charge in [-0.25, -0.2) is 4.39 Å². The Morgan fingerprint density at radius 1 is 1.47 bits per heavy atom. The number of carbonyl (C=O) groups is 1. The van der Waals surface area contributed by atoms with Crippen LogP contribution in [-0.2, 0) is 4.79 Å². The Hall–Kier alpha value is -0.320. The topological polar surface area (TPSA) is 29.1 Å². The molecule has 0 heterocycles.